The number of furan rings is 1. The smallest absolute Gasteiger partial charge is 0.347 e. The van der Waals surface area contributed by atoms with Gasteiger partial charge in [0, 0.05) is 21.0 Å². The number of ether oxygens (including phenoxy) is 2. The third-order valence-electron chi connectivity index (χ3n) is 5.66. The summed E-state index contributed by atoms with van der Waals surface area (Å²) in [6, 6.07) is 18.8. The van der Waals surface area contributed by atoms with Gasteiger partial charge in [0.2, 0.25) is 5.82 Å². The van der Waals surface area contributed by atoms with Crippen LogP contribution in [0.15, 0.2) is 81.0 Å². The number of benzene rings is 3. The van der Waals surface area contributed by atoms with E-state index in [9.17, 15) is 9.59 Å². The highest BCUT2D eigenvalue weighted by Gasteiger charge is 2.19. The number of para-hydroxylation sites is 1. The van der Waals surface area contributed by atoms with Crippen LogP contribution in [0.3, 0.4) is 0 Å². The highest BCUT2D eigenvalue weighted by atomic mass is 35.5. The van der Waals surface area contributed by atoms with Gasteiger partial charge in [0.15, 0.2) is 11.9 Å². The molecule has 0 unspecified atom stereocenters. The van der Waals surface area contributed by atoms with Gasteiger partial charge in [-0.15, -0.1) is 0 Å². The lowest BCUT2D eigenvalue weighted by molar-refractivity contribution is -0.150. The van der Waals surface area contributed by atoms with Crippen molar-refractivity contribution in [2.45, 2.75) is 20.0 Å². The summed E-state index contributed by atoms with van der Waals surface area (Å²) in [5.74, 6) is 0.357. The predicted molar refractivity (Wildman–Crippen MR) is 147 cm³/mol. The van der Waals surface area contributed by atoms with Crippen molar-refractivity contribution < 1.29 is 18.7 Å². The molecule has 1 atom stereocenters. The minimum atomic E-state index is -0.869. The van der Waals surface area contributed by atoms with Gasteiger partial charge >= 0.3 is 5.97 Å². The van der Waals surface area contributed by atoms with Gasteiger partial charge in [0.05, 0.1) is 23.7 Å². The quantitative estimate of drug-likeness (QED) is 0.174. The number of hydrogen-bond donors (Lipinski definition) is 0. The fourth-order valence-corrected chi connectivity index (χ4v) is 4.22. The van der Waals surface area contributed by atoms with Crippen molar-refractivity contribution in [2.24, 2.45) is 5.10 Å². The molecule has 8 nitrogen and oxygen atoms in total. The Labute approximate surface area is 227 Å². The maximum atomic E-state index is 13.5. The zero-order valence-electron chi connectivity index (χ0n) is 20.4. The number of esters is 1. The number of halogens is 2. The van der Waals surface area contributed by atoms with Gasteiger partial charge < -0.3 is 13.9 Å². The van der Waals surface area contributed by atoms with Gasteiger partial charge in [-0.2, -0.15) is 9.78 Å². The second-order valence-corrected chi connectivity index (χ2v) is 9.17. The summed E-state index contributed by atoms with van der Waals surface area (Å²) in [4.78, 5) is 30.3. The lowest BCUT2D eigenvalue weighted by atomic mass is 10.2. The van der Waals surface area contributed by atoms with Gasteiger partial charge in [-0.3, -0.25) is 4.79 Å². The minimum absolute atomic E-state index is 0.196. The number of rotatable bonds is 7. The van der Waals surface area contributed by atoms with Gasteiger partial charge in [0.25, 0.3) is 5.56 Å². The summed E-state index contributed by atoms with van der Waals surface area (Å²) in [5.41, 5.74) is 1.12. The van der Waals surface area contributed by atoms with E-state index >= 15 is 0 Å². The molecule has 5 rings (SSSR count). The first-order valence-corrected chi connectivity index (χ1v) is 12.5. The molecule has 0 aliphatic rings. The Morgan fingerprint density at radius 2 is 1.87 bits per heavy atom. The van der Waals surface area contributed by atoms with E-state index in [0.717, 1.165) is 10.1 Å². The summed E-state index contributed by atoms with van der Waals surface area (Å²) in [6.45, 7) is 3.53. The number of carbonyl (C=O) groups excluding carboxylic acids is 1. The lowest BCUT2D eigenvalue weighted by Crippen LogP contribution is -2.26. The van der Waals surface area contributed by atoms with Crippen molar-refractivity contribution >= 4 is 57.3 Å². The SMILES string of the molecule is CCOC(=O)[C@@H](C)Oc1ccc(Cl)cc1C=Nn1c(-c2cc3cc(Cl)ccc3o2)nc2ccccc2c1=O. The number of aromatic nitrogens is 2. The first kappa shape index (κ1) is 25.5. The summed E-state index contributed by atoms with van der Waals surface area (Å²) >= 11 is 12.4. The molecule has 0 amide bonds. The number of fused-ring (bicyclic) bond motifs is 2. The first-order valence-electron chi connectivity index (χ1n) is 11.7. The van der Waals surface area contributed by atoms with Gasteiger partial charge in [-0.1, -0.05) is 35.3 Å². The van der Waals surface area contributed by atoms with Gasteiger partial charge in [-0.25, -0.2) is 9.78 Å². The second kappa shape index (κ2) is 10.7. The lowest BCUT2D eigenvalue weighted by Gasteiger charge is -2.15. The Balaban J connectivity index is 1.63. The Hall–Kier alpha value is -4.14. The molecule has 0 radical (unpaired) electrons. The summed E-state index contributed by atoms with van der Waals surface area (Å²) in [5, 5.41) is 6.56. The molecule has 0 saturated heterocycles. The average molecular weight is 550 g/mol. The molecule has 2 heterocycles. The van der Waals surface area contributed by atoms with Crippen LogP contribution >= 0.6 is 23.2 Å². The molecular formula is C28H21Cl2N3O5. The molecule has 2 aromatic heterocycles. The molecule has 0 aliphatic heterocycles. The monoisotopic (exact) mass is 549 g/mol. The van der Waals surface area contributed by atoms with E-state index in [4.69, 9.17) is 37.1 Å². The third kappa shape index (κ3) is 5.14. The average Bonchev–Trinajstić information content (AvgIpc) is 3.32. The second-order valence-electron chi connectivity index (χ2n) is 8.30. The topological polar surface area (TPSA) is 95.9 Å². The van der Waals surface area contributed by atoms with Crippen LogP contribution in [-0.4, -0.2) is 34.6 Å². The molecule has 192 valence electrons. The van der Waals surface area contributed by atoms with E-state index in [1.54, 1.807) is 80.6 Å². The third-order valence-corrected chi connectivity index (χ3v) is 6.13. The Kier molecular flexibility index (Phi) is 7.18. The normalized spacial score (nSPS) is 12.3. The van der Waals surface area contributed by atoms with Crippen molar-refractivity contribution in [2.75, 3.05) is 6.61 Å². The maximum Gasteiger partial charge on any atom is 0.347 e. The van der Waals surface area contributed by atoms with Crippen molar-refractivity contribution in [3.05, 3.63) is 92.7 Å². The summed E-state index contributed by atoms with van der Waals surface area (Å²) in [7, 11) is 0. The standard InChI is InChI=1S/C28H21Cl2N3O5/c1-3-36-28(35)16(2)37-24-11-9-20(30)13-18(24)15-31-33-26(32-22-7-5-4-6-21(22)27(33)34)25-14-17-12-19(29)8-10-23(17)38-25/h4-16H,3H2,1-2H3/t16-/m1/s1. The van der Waals surface area contributed by atoms with Crippen LogP contribution < -0.4 is 10.3 Å². The Morgan fingerprint density at radius 3 is 2.68 bits per heavy atom. The first-order chi connectivity index (χ1) is 18.3. The van der Waals surface area contributed by atoms with Crippen molar-refractivity contribution in [1.29, 1.82) is 0 Å². The Bertz CT molecular complexity index is 1760. The van der Waals surface area contributed by atoms with Gasteiger partial charge in [-0.05, 0) is 68.4 Å². The van der Waals surface area contributed by atoms with Crippen molar-refractivity contribution in [3.8, 4) is 17.3 Å². The Morgan fingerprint density at radius 1 is 1.11 bits per heavy atom. The van der Waals surface area contributed by atoms with E-state index in [1.165, 1.54) is 6.21 Å². The van der Waals surface area contributed by atoms with Crippen molar-refractivity contribution in [3.63, 3.8) is 0 Å². The van der Waals surface area contributed by atoms with Crippen LogP contribution in [0.2, 0.25) is 10.0 Å². The van der Waals surface area contributed by atoms with Gasteiger partial charge in [0.1, 0.15) is 11.3 Å². The van der Waals surface area contributed by atoms with E-state index < -0.39 is 17.6 Å². The molecule has 0 aliphatic carbocycles. The van der Waals surface area contributed by atoms with E-state index in [1.807, 2.05) is 0 Å². The van der Waals surface area contributed by atoms with E-state index in [0.29, 0.717) is 43.6 Å². The fourth-order valence-electron chi connectivity index (χ4n) is 3.86. The molecule has 3 aromatic carbocycles. The van der Waals surface area contributed by atoms with Crippen LogP contribution in [0.1, 0.15) is 19.4 Å². The fraction of sp³-hybridized carbons (Fsp3) is 0.143. The molecule has 0 saturated carbocycles. The summed E-state index contributed by atoms with van der Waals surface area (Å²) < 4.78 is 18.0. The van der Waals surface area contributed by atoms with Crippen LogP contribution in [0.4, 0.5) is 0 Å². The predicted octanol–water partition coefficient (Wildman–Crippen LogP) is 6.33. The number of nitrogens with zero attached hydrogens (tertiary/aromatic N) is 3. The van der Waals surface area contributed by atoms with Crippen molar-refractivity contribution in [1.82, 2.24) is 9.66 Å². The molecule has 0 fully saturated rings. The molecular weight excluding hydrogens is 529 g/mol. The minimum Gasteiger partial charge on any atom is -0.478 e. The van der Waals surface area contributed by atoms with Crippen LogP contribution in [0.25, 0.3) is 33.5 Å². The molecule has 5 aromatic rings. The zero-order chi connectivity index (χ0) is 26.8. The molecule has 38 heavy (non-hydrogen) atoms. The highest BCUT2D eigenvalue weighted by Crippen LogP contribution is 2.29. The van der Waals surface area contributed by atoms with E-state index in [2.05, 4.69) is 10.1 Å². The largest absolute Gasteiger partial charge is 0.478 e. The molecule has 0 spiro atoms. The molecule has 0 N–H and O–H groups in total. The number of carbonyl (C=O) groups is 1. The molecule has 10 heteroatoms. The van der Waals surface area contributed by atoms with Crippen LogP contribution in [0.5, 0.6) is 5.75 Å². The van der Waals surface area contributed by atoms with Crippen LogP contribution in [0, 0.1) is 0 Å². The highest BCUT2D eigenvalue weighted by molar-refractivity contribution is 6.31. The zero-order valence-corrected chi connectivity index (χ0v) is 21.9. The molecule has 0 bridgehead atoms. The maximum absolute atomic E-state index is 13.5. The number of hydrogen-bond acceptors (Lipinski definition) is 7. The van der Waals surface area contributed by atoms with E-state index in [-0.39, 0.29) is 12.4 Å². The summed E-state index contributed by atoms with van der Waals surface area (Å²) in [6.07, 6.45) is 0.547. The van der Waals surface area contributed by atoms with Crippen LogP contribution in [-0.2, 0) is 9.53 Å².